The molecule has 0 unspecified atom stereocenters. The molecule has 0 heterocycles. The highest BCUT2D eigenvalue weighted by molar-refractivity contribution is 6.33. The van der Waals surface area contributed by atoms with Crippen LogP contribution < -0.4 is 11.1 Å². The molecule has 3 nitrogen and oxygen atoms in total. The first kappa shape index (κ1) is 16.2. The molecule has 0 fully saturated rings. The summed E-state index contributed by atoms with van der Waals surface area (Å²) in [7, 11) is 0. The first-order valence-electron chi connectivity index (χ1n) is 4.83. The van der Waals surface area contributed by atoms with Gasteiger partial charge in [-0.3, -0.25) is 4.79 Å². The average Bonchev–Trinajstić information content (AvgIpc) is 2.16. The summed E-state index contributed by atoms with van der Waals surface area (Å²) in [6.07, 6.45) is 0. The van der Waals surface area contributed by atoms with Crippen LogP contribution in [-0.2, 0) is 0 Å². The normalized spacial score (nSPS) is 10.6. The van der Waals surface area contributed by atoms with Crippen LogP contribution in [0.5, 0.6) is 0 Å². The van der Waals surface area contributed by atoms with Crippen molar-refractivity contribution in [3.63, 3.8) is 0 Å². The maximum absolute atomic E-state index is 12.8. The van der Waals surface area contributed by atoms with E-state index in [1.165, 1.54) is 12.1 Å². The Balaban J connectivity index is 0.00000256. The van der Waals surface area contributed by atoms with Crippen LogP contribution in [0.2, 0.25) is 5.02 Å². The van der Waals surface area contributed by atoms with Crippen LogP contribution in [0.25, 0.3) is 0 Å². The molecule has 0 spiro atoms. The summed E-state index contributed by atoms with van der Waals surface area (Å²) < 4.78 is 12.8. The summed E-state index contributed by atoms with van der Waals surface area (Å²) in [5, 5.41) is 2.80. The molecule has 96 valence electrons. The quantitative estimate of drug-likeness (QED) is 0.893. The van der Waals surface area contributed by atoms with Crippen LogP contribution in [0, 0.1) is 5.82 Å². The van der Waals surface area contributed by atoms with E-state index in [9.17, 15) is 9.18 Å². The van der Waals surface area contributed by atoms with Crippen LogP contribution in [-0.4, -0.2) is 18.0 Å². The highest BCUT2D eigenvalue weighted by Crippen LogP contribution is 2.17. The van der Waals surface area contributed by atoms with E-state index in [-0.39, 0.29) is 28.9 Å². The third kappa shape index (κ3) is 4.50. The van der Waals surface area contributed by atoms with Gasteiger partial charge in [-0.2, -0.15) is 0 Å². The third-order valence-electron chi connectivity index (χ3n) is 2.14. The van der Waals surface area contributed by atoms with E-state index in [4.69, 9.17) is 17.3 Å². The average molecular weight is 281 g/mol. The molecule has 0 bridgehead atoms. The van der Waals surface area contributed by atoms with Gasteiger partial charge in [0.15, 0.2) is 0 Å². The SMILES string of the molecule is CC(C)(CN)NC(=O)c1ccc(F)cc1Cl.Cl. The molecule has 0 aliphatic carbocycles. The van der Waals surface area contributed by atoms with Gasteiger partial charge < -0.3 is 11.1 Å². The maximum atomic E-state index is 12.8. The number of carbonyl (C=O) groups excluding carboxylic acids is 1. The Morgan fingerprint density at radius 2 is 2.12 bits per heavy atom. The smallest absolute Gasteiger partial charge is 0.253 e. The molecular formula is C11H15Cl2FN2O. The largest absolute Gasteiger partial charge is 0.346 e. The van der Waals surface area contributed by atoms with E-state index < -0.39 is 11.4 Å². The fourth-order valence-corrected chi connectivity index (χ4v) is 1.35. The molecule has 17 heavy (non-hydrogen) atoms. The van der Waals surface area contributed by atoms with Gasteiger partial charge in [-0.15, -0.1) is 12.4 Å². The van der Waals surface area contributed by atoms with Crippen molar-refractivity contribution >= 4 is 29.9 Å². The minimum Gasteiger partial charge on any atom is -0.346 e. The second kappa shape index (κ2) is 6.19. The Hall–Kier alpha value is -0.840. The van der Waals surface area contributed by atoms with Gasteiger partial charge in [-0.1, -0.05) is 11.6 Å². The number of benzene rings is 1. The zero-order chi connectivity index (χ0) is 12.3. The molecule has 1 rings (SSSR count). The Labute approximate surface area is 111 Å². The van der Waals surface area contributed by atoms with Gasteiger partial charge in [-0.25, -0.2) is 4.39 Å². The van der Waals surface area contributed by atoms with Gasteiger partial charge in [0.2, 0.25) is 0 Å². The summed E-state index contributed by atoms with van der Waals surface area (Å²) in [6.45, 7) is 3.89. The lowest BCUT2D eigenvalue weighted by Gasteiger charge is -2.24. The fraction of sp³-hybridized carbons (Fsp3) is 0.364. The van der Waals surface area contributed by atoms with Crippen molar-refractivity contribution in [1.82, 2.24) is 5.32 Å². The molecule has 1 amide bonds. The summed E-state index contributed by atoms with van der Waals surface area (Å²) in [4.78, 5) is 11.8. The van der Waals surface area contributed by atoms with Crippen LogP contribution in [0.1, 0.15) is 24.2 Å². The first-order valence-corrected chi connectivity index (χ1v) is 5.21. The standard InChI is InChI=1S/C11H14ClFN2O.ClH/c1-11(2,6-14)15-10(16)8-4-3-7(13)5-9(8)12;/h3-5H,6,14H2,1-2H3,(H,15,16);1H. The van der Waals surface area contributed by atoms with Crippen LogP contribution >= 0.6 is 24.0 Å². The molecule has 0 atom stereocenters. The number of nitrogens with two attached hydrogens (primary N) is 1. The number of hydrogen-bond acceptors (Lipinski definition) is 2. The topological polar surface area (TPSA) is 55.1 Å². The molecule has 0 aliphatic heterocycles. The summed E-state index contributed by atoms with van der Waals surface area (Å²) in [5.74, 6) is -0.833. The van der Waals surface area contributed by atoms with Crippen molar-refractivity contribution in [2.75, 3.05) is 6.54 Å². The fourth-order valence-electron chi connectivity index (χ4n) is 1.10. The predicted molar refractivity (Wildman–Crippen MR) is 69.3 cm³/mol. The number of halogens is 3. The Bertz CT molecular complexity index is 410. The Kier molecular flexibility index (Phi) is 5.88. The lowest BCUT2D eigenvalue weighted by molar-refractivity contribution is 0.0916. The molecule has 1 aromatic carbocycles. The lowest BCUT2D eigenvalue weighted by Crippen LogP contribution is -2.48. The van der Waals surface area contributed by atoms with E-state index in [0.29, 0.717) is 6.54 Å². The van der Waals surface area contributed by atoms with Gasteiger partial charge in [0.1, 0.15) is 5.82 Å². The molecular weight excluding hydrogens is 266 g/mol. The van der Waals surface area contributed by atoms with Gasteiger partial charge in [0.05, 0.1) is 10.6 Å². The second-order valence-corrected chi connectivity index (χ2v) is 4.57. The highest BCUT2D eigenvalue weighted by Gasteiger charge is 2.20. The zero-order valence-electron chi connectivity index (χ0n) is 9.59. The first-order chi connectivity index (χ1) is 7.35. The van der Waals surface area contributed by atoms with Crippen LogP contribution in [0.3, 0.4) is 0 Å². The molecule has 6 heteroatoms. The molecule has 0 aliphatic rings. The Morgan fingerprint density at radius 1 is 1.53 bits per heavy atom. The molecule has 0 radical (unpaired) electrons. The van der Waals surface area contributed by atoms with Crippen molar-refractivity contribution < 1.29 is 9.18 Å². The van der Waals surface area contributed by atoms with Gasteiger partial charge in [0.25, 0.3) is 5.91 Å². The number of rotatable bonds is 3. The lowest BCUT2D eigenvalue weighted by atomic mass is 10.1. The number of nitrogens with one attached hydrogen (secondary N) is 1. The van der Waals surface area contributed by atoms with Crippen LogP contribution in [0.4, 0.5) is 4.39 Å². The van der Waals surface area contributed by atoms with E-state index in [1.807, 2.05) is 0 Å². The van der Waals surface area contributed by atoms with E-state index >= 15 is 0 Å². The number of amides is 1. The molecule has 0 saturated heterocycles. The van der Waals surface area contributed by atoms with E-state index in [2.05, 4.69) is 5.32 Å². The van der Waals surface area contributed by atoms with Crippen molar-refractivity contribution in [3.05, 3.63) is 34.6 Å². The predicted octanol–water partition coefficient (Wildman–Crippen LogP) is 2.37. The van der Waals surface area contributed by atoms with Gasteiger partial charge in [-0.05, 0) is 32.0 Å². The summed E-state index contributed by atoms with van der Waals surface area (Å²) in [6, 6.07) is 3.64. The van der Waals surface area contributed by atoms with Crippen molar-refractivity contribution in [3.8, 4) is 0 Å². The third-order valence-corrected chi connectivity index (χ3v) is 2.45. The Morgan fingerprint density at radius 3 is 2.59 bits per heavy atom. The number of hydrogen-bond donors (Lipinski definition) is 2. The van der Waals surface area contributed by atoms with Crippen LogP contribution in [0.15, 0.2) is 18.2 Å². The molecule has 0 saturated carbocycles. The molecule has 0 aromatic heterocycles. The summed E-state index contributed by atoms with van der Waals surface area (Å²) in [5.41, 5.74) is 5.21. The van der Waals surface area contributed by atoms with E-state index in [0.717, 1.165) is 6.07 Å². The zero-order valence-corrected chi connectivity index (χ0v) is 11.2. The monoisotopic (exact) mass is 280 g/mol. The number of carbonyl (C=O) groups is 1. The van der Waals surface area contributed by atoms with Gasteiger partial charge >= 0.3 is 0 Å². The molecule has 1 aromatic rings. The second-order valence-electron chi connectivity index (χ2n) is 4.17. The van der Waals surface area contributed by atoms with Crippen molar-refractivity contribution in [2.24, 2.45) is 5.73 Å². The summed E-state index contributed by atoms with van der Waals surface area (Å²) >= 11 is 5.76. The highest BCUT2D eigenvalue weighted by atomic mass is 35.5. The van der Waals surface area contributed by atoms with Gasteiger partial charge in [0, 0.05) is 12.1 Å². The molecule has 3 N–H and O–H groups in total. The maximum Gasteiger partial charge on any atom is 0.253 e. The minimum atomic E-state index is -0.519. The van der Waals surface area contributed by atoms with E-state index in [1.54, 1.807) is 13.8 Å². The minimum absolute atomic E-state index is 0. The van der Waals surface area contributed by atoms with Crippen molar-refractivity contribution in [1.29, 1.82) is 0 Å². The van der Waals surface area contributed by atoms with Crippen molar-refractivity contribution in [2.45, 2.75) is 19.4 Å².